The molecule has 0 spiro atoms. The van der Waals surface area contributed by atoms with Crippen LogP contribution >= 0.6 is 0 Å². The van der Waals surface area contributed by atoms with E-state index in [9.17, 15) is 44.8 Å². The molecule has 1 heterocycles. The number of hydrogen-bond donors (Lipinski definition) is 6. The minimum absolute atomic E-state index is 0.0208. The summed E-state index contributed by atoms with van der Waals surface area (Å²) in [6, 6.07) is 3.59. The zero-order valence-electron chi connectivity index (χ0n) is 22.7. The van der Waals surface area contributed by atoms with Crippen molar-refractivity contribution in [2.24, 2.45) is 5.16 Å². The van der Waals surface area contributed by atoms with Crippen molar-refractivity contribution in [2.45, 2.75) is 62.4 Å². The van der Waals surface area contributed by atoms with Gasteiger partial charge in [0.1, 0.15) is 23.3 Å². The van der Waals surface area contributed by atoms with Gasteiger partial charge in [0, 0.05) is 41.8 Å². The van der Waals surface area contributed by atoms with Gasteiger partial charge < -0.3 is 39.8 Å². The Morgan fingerprint density at radius 3 is 2.55 bits per heavy atom. The summed E-state index contributed by atoms with van der Waals surface area (Å²) in [5.41, 5.74) is -5.38. The predicted octanol–water partition coefficient (Wildman–Crippen LogP) is -2.48. The first-order valence-corrected chi connectivity index (χ1v) is 13.2. The van der Waals surface area contributed by atoms with E-state index in [-0.39, 0.29) is 34.1 Å². The SMILES string of the molecule is COc1cccc2c(=O)c3c(=O)c4c(c(=NO)c=3c(=O)c12)[C@@H](O[C@H]1C[C@H](NCO)[C@H](O)[C@H](C)O1)C[C@](O)(C(=O)CO)C4. The Morgan fingerprint density at radius 2 is 1.90 bits per heavy atom. The largest absolute Gasteiger partial charge is 0.496 e. The van der Waals surface area contributed by atoms with Crippen molar-refractivity contribution in [3.8, 4) is 5.75 Å². The highest BCUT2D eigenvalue weighted by Gasteiger charge is 2.47. The van der Waals surface area contributed by atoms with Gasteiger partial charge in [0.2, 0.25) is 5.43 Å². The lowest BCUT2D eigenvalue weighted by atomic mass is 9.75. The van der Waals surface area contributed by atoms with Crippen molar-refractivity contribution < 1.29 is 44.6 Å². The first-order chi connectivity index (χ1) is 20.0. The molecule has 1 saturated heterocycles. The van der Waals surface area contributed by atoms with E-state index >= 15 is 0 Å². The van der Waals surface area contributed by atoms with E-state index in [0.29, 0.717) is 0 Å². The van der Waals surface area contributed by atoms with E-state index in [1.165, 1.54) is 25.3 Å². The summed E-state index contributed by atoms with van der Waals surface area (Å²) in [5, 5.41) is 55.2. The Bertz CT molecular complexity index is 1830. The molecule has 5 rings (SSSR count). The minimum Gasteiger partial charge on any atom is -0.496 e. The van der Waals surface area contributed by atoms with Crippen LogP contribution in [-0.2, 0) is 20.7 Å². The quantitative estimate of drug-likeness (QED) is 0.0960. The monoisotopic (exact) mass is 586 g/mol. The molecule has 6 atom stereocenters. The van der Waals surface area contributed by atoms with E-state index in [0.717, 1.165) is 0 Å². The fourth-order valence-electron chi connectivity index (χ4n) is 6.12. The lowest BCUT2D eigenvalue weighted by molar-refractivity contribution is -0.250. The molecule has 0 bridgehead atoms. The molecule has 1 aromatic carbocycles. The zero-order valence-corrected chi connectivity index (χ0v) is 22.7. The van der Waals surface area contributed by atoms with Gasteiger partial charge in [-0.2, -0.15) is 0 Å². The highest BCUT2D eigenvalue weighted by Crippen LogP contribution is 2.38. The fraction of sp³-hybridized carbons (Fsp3) is 0.464. The van der Waals surface area contributed by atoms with E-state index in [1.807, 2.05) is 0 Å². The van der Waals surface area contributed by atoms with Gasteiger partial charge in [0.15, 0.2) is 22.9 Å². The Labute approximate surface area is 236 Å². The molecule has 1 aliphatic heterocycles. The van der Waals surface area contributed by atoms with Gasteiger partial charge in [0.05, 0.1) is 48.0 Å². The molecule has 0 unspecified atom stereocenters. The molecule has 42 heavy (non-hydrogen) atoms. The Hall–Kier alpha value is -3.63. The van der Waals surface area contributed by atoms with Crippen molar-refractivity contribution in [1.82, 2.24) is 5.32 Å². The van der Waals surface area contributed by atoms with E-state index in [1.54, 1.807) is 6.92 Å². The fourth-order valence-corrected chi connectivity index (χ4v) is 6.12. The van der Waals surface area contributed by atoms with Crippen molar-refractivity contribution in [3.63, 3.8) is 0 Å². The number of aliphatic hydroxyl groups excluding tert-OH is 3. The van der Waals surface area contributed by atoms with Crippen LogP contribution in [0.3, 0.4) is 0 Å². The number of carbonyl (C=O) groups excluding carboxylic acids is 1. The standard InChI is InChI=1S/C28H30N2O12/c1-11-24(34)14(29-10-32)6-18(41-11)42-16-8-28(38,17(33)9-31)7-13-19(16)23(30-39)21-22(26(13)36)25(35)12-4-3-5-15(40-2)20(12)27(21)37/h3-5,11,14,16,18,24,29,31-32,34,38-39H,6-10H2,1-2H3/t11-,14-,16-,18-,24+,28-/m0/s1. The molecular formula is C28H30N2O12. The Balaban J connectivity index is 1.82. The van der Waals surface area contributed by atoms with Crippen LogP contribution in [-0.4, -0.2) is 82.0 Å². The van der Waals surface area contributed by atoms with Crippen LogP contribution in [0.5, 0.6) is 5.75 Å². The molecule has 1 fully saturated rings. The van der Waals surface area contributed by atoms with Crippen LogP contribution in [0.15, 0.2) is 37.7 Å². The highest BCUT2D eigenvalue weighted by molar-refractivity contribution is 5.89. The summed E-state index contributed by atoms with van der Waals surface area (Å²) in [5.74, 6) is -0.959. The Kier molecular flexibility index (Phi) is 7.98. The van der Waals surface area contributed by atoms with E-state index in [4.69, 9.17) is 14.2 Å². The second-order valence-electron chi connectivity index (χ2n) is 10.5. The summed E-state index contributed by atoms with van der Waals surface area (Å²) < 4.78 is 17.2. The summed E-state index contributed by atoms with van der Waals surface area (Å²) in [7, 11) is 1.30. The third-order valence-corrected chi connectivity index (χ3v) is 8.19. The van der Waals surface area contributed by atoms with Crippen molar-refractivity contribution >= 4 is 16.6 Å². The average molecular weight is 587 g/mol. The van der Waals surface area contributed by atoms with Crippen LogP contribution in [0.1, 0.15) is 37.0 Å². The topological polar surface area (TPSA) is 222 Å². The van der Waals surface area contributed by atoms with Gasteiger partial charge in [-0.05, 0) is 13.0 Å². The molecule has 0 saturated carbocycles. The molecule has 14 nitrogen and oxygen atoms in total. The minimum atomic E-state index is -2.32. The number of nitrogens with zero attached hydrogens (tertiary/aromatic N) is 1. The molecule has 1 aromatic rings. The third kappa shape index (κ3) is 4.61. The number of methoxy groups -OCH3 is 1. The molecule has 224 valence electrons. The van der Waals surface area contributed by atoms with Gasteiger partial charge >= 0.3 is 0 Å². The molecule has 14 heteroatoms. The number of nitrogens with one attached hydrogen (secondary N) is 1. The van der Waals surface area contributed by atoms with Gasteiger partial charge in [-0.15, -0.1) is 0 Å². The third-order valence-electron chi connectivity index (χ3n) is 8.19. The maximum Gasteiger partial charge on any atom is 0.200 e. The number of aliphatic hydroxyl groups is 4. The second-order valence-corrected chi connectivity index (χ2v) is 10.5. The van der Waals surface area contributed by atoms with Gasteiger partial charge in [-0.3, -0.25) is 24.5 Å². The second kappa shape index (κ2) is 11.2. The molecule has 0 radical (unpaired) electrons. The maximum atomic E-state index is 13.9. The van der Waals surface area contributed by atoms with E-state index in [2.05, 4.69) is 10.5 Å². The van der Waals surface area contributed by atoms with Gasteiger partial charge in [-0.25, -0.2) is 0 Å². The first kappa shape index (κ1) is 29.8. The number of ketones is 1. The predicted molar refractivity (Wildman–Crippen MR) is 142 cm³/mol. The molecule has 0 aromatic heterocycles. The number of Topliss-reactive ketones (excluding diaryl/α,β-unsaturated/α-hetero) is 1. The van der Waals surface area contributed by atoms with Gasteiger partial charge in [0.25, 0.3) is 0 Å². The summed E-state index contributed by atoms with van der Waals surface area (Å²) >= 11 is 0. The van der Waals surface area contributed by atoms with Gasteiger partial charge in [-0.1, -0.05) is 17.3 Å². The van der Waals surface area contributed by atoms with Crippen molar-refractivity contribution in [1.29, 1.82) is 0 Å². The summed E-state index contributed by atoms with van der Waals surface area (Å²) in [6.45, 7) is 0.0338. The summed E-state index contributed by atoms with van der Waals surface area (Å²) in [4.78, 5) is 54.1. The van der Waals surface area contributed by atoms with Crippen molar-refractivity contribution in [3.05, 3.63) is 75.8 Å². The Morgan fingerprint density at radius 1 is 1.17 bits per heavy atom. The lowest BCUT2D eigenvalue weighted by Gasteiger charge is -2.42. The normalized spacial score (nSPS) is 28.2. The molecule has 6 N–H and O–H groups in total. The number of benzene rings is 1. The molecular weight excluding hydrogens is 556 g/mol. The van der Waals surface area contributed by atoms with Crippen LogP contribution < -0.4 is 31.7 Å². The summed E-state index contributed by atoms with van der Waals surface area (Å²) in [6.07, 6.45) is -5.57. The molecule has 0 amide bonds. The van der Waals surface area contributed by atoms with Crippen LogP contribution in [0, 0.1) is 10.4 Å². The van der Waals surface area contributed by atoms with E-state index < -0.39 is 100 Å². The number of carbonyl (C=O) groups is 1. The van der Waals surface area contributed by atoms with Crippen LogP contribution in [0.4, 0.5) is 0 Å². The number of fused-ring (bicyclic) bond motifs is 2. The van der Waals surface area contributed by atoms with Crippen LogP contribution in [0.2, 0.25) is 0 Å². The maximum absolute atomic E-state index is 13.9. The number of rotatable bonds is 7. The number of ether oxygens (including phenoxy) is 3. The van der Waals surface area contributed by atoms with Crippen LogP contribution in [0.25, 0.3) is 10.8 Å². The first-order valence-electron chi connectivity index (χ1n) is 13.2. The number of hydrogen-bond acceptors (Lipinski definition) is 14. The van der Waals surface area contributed by atoms with Crippen molar-refractivity contribution in [2.75, 3.05) is 20.4 Å². The highest BCUT2D eigenvalue weighted by atomic mass is 16.7. The zero-order chi connectivity index (χ0) is 30.5. The molecule has 4 aliphatic rings. The average Bonchev–Trinajstić information content (AvgIpc) is 2.97. The smallest absolute Gasteiger partial charge is 0.200 e. The lowest BCUT2D eigenvalue weighted by Crippen LogP contribution is -2.55. The molecule has 3 aliphatic carbocycles.